The number of benzene rings is 4. The number of hydrogen-bond acceptors (Lipinski definition) is 25. The van der Waals surface area contributed by atoms with Crippen LogP contribution in [0.25, 0.3) is 18.2 Å². The minimum Gasteiger partial charge on any atom is -0.571 e. The molecule has 26 nitrogen and oxygen atoms in total. The summed E-state index contributed by atoms with van der Waals surface area (Å²) in [5.74, 6) is -2.98. The summed E-state index contributed by atoms with van der Waals surface area (Å²) in [6.07, 6.45) is -23.2. The topological polar surface area (TPSA) is 402 Å². The van der Waals surface area contributed by atoms with Gasteiger partial charge in [0.1, 0.15) is 103 Å². The zero-order valence-corrected chi connectivity index (χ0v) is 41.8. The van der Waals surface area contributed by atoms with Crippen LogP contribution in [0.4, 0.5) is 0 Å². The fourth-order valence-electron chi connectivity index (χ4n) is 8.74. The Morgan fingerprint density at radius 1 is 0.557 bits per heavy atom. The molecule has 0 saturated carbocycles. The van der Waals surface area contributed by atoms with E-state index >= 15 is 0 Å². The standard InChI is InChI=1S/C53H58O26/c1-69-33-15-23(3-11-29(33)57)5-13-39(59)71-21-37-42(62)45(65)48(68)52(77-37)79-50-46(66)43(63)38(22-72-40(60)14-6-24-4-12-30(58)34(16-24)70-2)78-53(50)75-35-19-28-31(73-49(35)25-7-9-26(55)10-8-25)17-27(56)18-32(28)74-51-47(67)44(64)41(61)36(20-54)76-51/h3-19,36-38,41-58,61-68H,20-22H2,1-2H3/p+1. The second kappa shape index (κ2) is 25.2. The lowest BCUT2D eigenvalue weighted by atomic mass is 9.97. The van der Waals surface area contributed by atoms with Gasteiger partial charge in [0, 0.05) is 24.3 Å². The van der Waals surface area contributed by atoms with Gasteiger partial charge in [0.15, 0.2) is 41.2 Å². The van der Waals surface area contributed by atoms with E-state index in [0.717, 1.165) is 18.2 Å². The third-order valence-corrected chi connectivity index (χ3v) is 13.1. The number of aliphatic hydroxyl groups is 10. The van der Waals surface area contributed by atoms with Gasteiger partial charge in [0.05, 0.1) is 32.5 Å². The molecule has 0 radical (unpaired) electrons. The van der Waals surface area contributed by atoms with Gasteiger partial charge in [-0.25, -0.2) is 9.59 Å². The van der Waals surface area contributed by atoms with Gasteiger partial charge in [-0.1, -0.05) is 12.1 Å². The molecule has 4 aliphatic heterocycles. The summed E-state index contributed by atoms with van der Waals surface area (Å²) in [6, 6.07) is 16.4. The van der Waals surface area contributed by atoms with Crippen molar-refractivity contribution in [3.63, 3.8) is 0 Å². The molecule has 3 fully saturated rings. The monoisotopic (exact) mass is 1110 g/mol. The molecule has 0 spiro atoms. The van der Waals surface area contributed by atoms with E-state index in [-0.39, 0.29) is 51.6 Å². The van der Waals surface area contributed by atoms with E-state index in [0.29, 0.717) is 16.7 Å². The van der Waals surface area contributed by atoms with Gasteiger partial charge < -0.3 is 118 Å². The lowest BCUT2D eigenvalue weighted by Crippen LogP contribution is -2.64. The summed E-state index contributed by atoms with van der Waals surface area (Å²) < 4.78 is 61.8. The Bertz CT molecular complexity index is 2850. The second-order valence-corrected chi connectivity index (χ2v) is 18.4. The van der Waals surface area contributed by atoms with Crippen molar-refractivity contribution in [1.29, 1.82) is 0 Å². The number of carbonyl (C=O) groups is 2. The highest BCUT2D eigenvalue weighted by Gasteiger charge is 2.53. The zero-order valence-electron chi connectivity index (χ0n) is 41.8. The number of esters is 2. The third-order valence-electron chi connectivity index (χ3n) is 13.1. The summed E-state index contributed by atoms with van der Waals surface area (Å²) in [7, 11) is 2.67. The molecule has 8 rings (SSSR count). The van der Waals surface area contributed by atoms with Crippen LogP contribution in [0, 0.1) is 0 Å². The van der Waals surface area contributed by atoms with Gasteiger partial charge in [0.2, 0.25) is 12.6 Å². The van der Waals surface area contributed by atoms with Crippen molar-refractivity contribution in [3.05, 3.63) is 113 Å². The van der Waals surface area contributed by atoms with Gasteiger partial charge in [0.25, 0.3) is 11.9 Å². The van der Waals surface area contributed by atoms with Gasteiger partial charge in [-0.3, -0.25) is 0 Å². The lowest BCUT2D eigenvalue weighted by molar-refractivity contribution is -0.364. The number of methoxy groups -OCH3 is 2. The Morgan fingerprint density at radius 3 is 1.63 bits per heavy atom. The van der Waals surface area contributed by atoms with Gasteiger partial charge in [-0.2, -0.15) is 0 Å². The highest BCUT2D eigenvalue weighted by molar-refractivity contribution is 5.87. The summed E-state index contributed by atoms with van der Waals surface area (Å²) in [6.45, 7) is -2.30. The molecular weight excluding hydrogens is 1050 g/mol. The molecule has 0 aliphatic carbocycles. The maximum atomic E-state index is 13.1. The average Bonchev–Trinajstić information content (AvgIpc) is 3.47. The van der Waals surface area contributed by atoms with Crippen molar-refractivity contribution in [1.82, 2.24) is 0 Å². The molecule has 4 aliphatic rings. The Hall–Kier alpha value is -7.28. The summed E-state index contributed by atoms with van der Waals surface area (Å²) in [5, 5.41) is 139. The maximum Gasteiger partial charge on any atom is 0.330 e. The van der Waals surface area contributed by atoms with Crippen molar-refractivity contribution in [2.45, 2.75) is 98.2 Å². The minimum atomic E-state index is -2.11. The van der Waals surface area contributed by atoms with Crippen molar-refractivity contribution in [2.75, 3.05) is 34.0 Å². The van der Waals surface area contributed by atoms with Crippen molar-refractivity contribution in [3.8, 4) is 46.0 Å². The third kappa shape index (κ3) is 13.3. The predicted molar refractivity (Wildman–Crippen MR) is 266 cm³/mol. The molecule has 0 aromatic heterocycles. The Kier molecular flexibility index (Phi) is 18.5. The van der Waals surface area contributed by atoms with E-state index in [4.69, 9.17) is 52.1 Å². The molecule has 0 bridgehead atoms. The van der Waals surface area contributed by atoms with Crippen molar-refractivity contribution < 1.29 is 128 Å². The first-order valence-electron chi connectivity index (χ1n) is 24.3. The van der Waals surface area contributed by atoms with E-state index in [1.54, 1.807) is 0 Å². The largest absolute Gasteiger partial charge is 0.571 e. The van der Waals surface area contributed by atoms with Crippen molar-refractivity contribution >= 4 is 30.2 Å². The Morgan fingerprint density at radius 2 is 1.08 bits per heavy atom. The number of fused-ring (bicyclic) bond motifs is 1. The van der Waals surface area contributed by atoms with Crippen molar-refractivity contribution in [2.24, 2.45) is 0 Å². The number of phenols is 4. The normalized spacial score (nSPS) is 30.6. The van der Waals surface area contributed by atoms with E-state index in [2.05, 4.69) is 0 Å². The smallest absolute Gasteiger partial charge is 0.330 e. The highest BCUT2D eigenvalue weighted by atomic mass is 16.8. The first kappa shape index (κ1) is 57.9. The lowest BCUT2D eigenvalue weighted by Gasteiger charge is -2.46. The molecule has 0 amide bonds. The number of hydrogen-bond donors (Lipinski definition) is 13. The molecule has 14 N–H and O–H groups in total. The number of phenolic OH excluding ortho intramolecular Hbond substituents is 4. The second-order valence-electron chi connectivity index (χ2n) is 18.4. The molecule has 426 valence electrons. The van der Waals surface area contributed by atoms with Gasteiger partial charge in [-0.15, -0.1) is 0 Å². The maximum absolute atomic E-state index is 13.1. The van der Waals surface area contributed by atoms with Gasteiger partial charge in [-0.05, 0) is 71.8 Å². The molecule has 16 unspecified atom stereocenters. The molecule has 16 atom stereocenters. The molecule has 4 aromatic rings. The molecule has 4 heterocycles. The quantitative estimate of drug-likeness (QED) is 0.0330. The first-order chi connectivity index (χ1) is 37.8. The SMILES string of the molecule is COc1cc(C=CC(=O)OCC2OC(OC3C(OC4=Cc5c(OC6OC(CO)C(O)C(O)C6O)cc(O)cc5[OH+]C4c4ccc(O)cc4)OC(COC(=O)C=Cc4ccc(O)c(OC)c4)C(O)C3O)C(O)C(O)C2O)ccc1O. The summed E-state index contributed by atoms with van der Waals surface area (Å²) in [4.78, 5) is 25.9. The number of aromatic hydroxyl groups is 5. The van der Waals surface area contributed by atoms with E-state index in [1.165, 1.54) is 99.2 Å². The van der Waals surface area contributed by atoms with E-state index in [9.17, 15) is 76.0 Å². The molecule has 4 aromatic carbocycles. The van der Waals surface area contributed by atoms with Crippen LogP contribution in [-0.4, -0.2) is 209 Å². The van der Waals surface area contributed by atoms with Crippen LogP contribution in [-0.2, 0) is 42.7 Å². The fourth-order valence-corrected chi connectivity index (χ4v) is 8.74. The average molecular weight is 1110 g/mol. The van der Waals surface area contributed by atoms with Crippen LogP contribution in [0.15, 0.2) is 90.7 Å². The molecule has 79 heavy (non-hydrogen) atoms. The molecule has 26 heteroatoms. The molecular formula is C53H59O26+. The van der Waals surface area contributed by atoms with Crippen LogP contribution in [0.1, 0.15) is 28.4 Å². The van der Waals surface area contributed by atoms with E-state index in [1.807, 2.05) is 0 Å². The van der Waals surface area contributed by atoms with Crippen LogP contribution in [0.2, 0.25) is 0 Å². The fraction of sp³-hybridized carbons (Fsp3) is 0.396. The Labute approximate surface area is 448 Å². The predicted octanol–water partition coefficient (Wildman–Crippen LogP) is -0.789. The number of ether oxygens (including phenoxy) is 11. The van der Waals surface area contributed by atoms with Crippen LogP contribution >= 0.6 is 0 Å². The number of aliphatic hydroxyl groups excluding tert-OH is 9. The van der Waals surface area contributed by atoms with Crippen LogP contribution in [0.5, 0.6) is 46.0 Å². The minimum absolute atomic E-state index is 0.00957. The summed E-state index contributed by atoms with van der Waals surface area (Å²) in [5.41, 5.74) is 1.19. The first-order valence-corrected chi connectivity index (χ1v) is 24.3. The number of carbonyl (C=O) groups excluding carboxylic acids is 2. The number of rotatable bonds is 18. The highest BCUT2D eigenvalue weighted by Crippen LogP contribution is 2.47. The summed E-state index contributed by atoms with van der Waals surface area (Å²) >= 11 is 0. The van der Waals surface area contributed by atoms with Gasteiger partial charge >= 0.3 is 11.9 Å². The van der Waals surface area contributed by atoms with Crippen LogP contribution < -0.4 is 14.2 Å². The molecule has 3 saturated heterocycles. The van der Waals surface area contributed by atoms with E-state index < -0.39 is 136 Å². The van der Waals surface area contributed by atoms with Crippen LogP contribution in [0.3, 0.4) is 0 Å². The zero-order chi connectivity index (χ0) is 56.8. The Balaban J connectivity index is 1.10.